The van der Waals surface area contributed by atoms with Gasteiger partial charge in [0.2, 0.25) is 0 Å². The van der Waals surface area contributed by atoms with Crippen LogP contribution in [0, 0.1) is 6.92 Å². The van der Waals surface area contributed by atoms with Crippen molar-refractivity contribution in [3.63, 3.8) is 0 Å². The van der Waals surface area contributed by atoms with Crippen LogP contribution in [0.5, 0.6) is 0 Å². The van der Waals surface area contributed by atoms with E-state index in [2.05, 4.69) is 10.3 Å². The summed E-state index contributed by atoms with van der Waals surface area (Å²) in [6.45, 7) is 6.42. The Morgan fingerprint density at radius 3 is 2.57 bits per heavy atom. The van der Waals surface area contributed by atoms with Crippen molar-refractivity contribution in [1.82, 2.24) is 18.9 Å². The largest absolute Gasteiger partial charge is 0.317 e. The molecule has 0 saturated heterocycles. The molecule has 0 saturated carbocycles. The molecule has 120 valence electrons. The van der Waals surface area contributed by atoms with E-state index in [-0.39, 0.29) is 6.54 Å². The third-order valence-electron chi connectivity index (χ3n) is 3.19. The number of hydrogen-bond donors (Lipinski definition) is 1. The van der Waals surface area contributed by atoms with Gasteiger partial charge in [0.15, 0.2) is 0 Å². The molecule has 0 aliphatic carbocycles. The predicted molar refractivity (Wildman–Crippen MR) is 85.2 cm³/mol. The molecule has 0 aliphatic rings. The molecule has 6 nitrogen and oxygen atoms in total. The van der Waals surface area contributed by atoms with Crippen LogP contribution in [-0.4, -0.2) is 55.7 Å². The topological polar surface area (TPSA) is 65.5 Å². The van der Waals surface area contributed by atoms with E-state index >= 15 is 0 Å². The maximum Gasteiger partial charge on any atom is 0.281 e. The lowest BCUT2D eigenvalue weighted by atomic mass is 10.3. The molecule has 0 aromatic carbocycles. The Morgan fingerprint density at radius 2 is 1.95 bits per heavy atom. The van der Waals surface area contributed by atoms with Gasteiger partial charge in [-0.2, -0.15) is 17.0 Å². The van der Waals surface area contributed by atoms with Crippen LogP contribution in [-0.2, 0) is 16.8 Å². The van der Waals surface area contributed by atoms with Crippen molar-refractivity contribution in [2.75, 3.05) is 33.7 Å². The monoisotopic (exact) mass is 314 g/mol. The molecule has 0 aliphatic heterocycles. The summed E-state index contributed by atoms with van der Waals surface area (Å²) in [5.74, 6) is 0. The standard InChI is InChI=1S/C14H26N4O2S/c1-5-15-10-7-11-17(3)21(19,20)18(4)12-14-9-6-8-13(2)16-14/h6,8-9,15H,5,7,10-12H2,1-4H3. The van der Waals surface area contributed by atoms with Crippen LogP contribution in [0.1, 0.15) is 24.7 Å². The molecule has 0 radical (unpaired) electrons. The van der Waals surface area contributed by atoms with Crippen molar-refractivity contribution < 1.29 is 8.42 Å². The molecule has 1 aromatic heterocycles. The van der Waals surface area contributed by atoms with Crippen molar-refractivity contribution in [2.24, 2.45) is 0 Å². The first-order valence-corrected chi connectivity index (χ1v) is 8.58. The first-order valence-electron chi connectivity index (χ1n) is 7.18. The number of aromatic nitrogens is 1. The van der Waals surface area contributed by atoms with Gasteiger partial charge in [-0.1, -0.05) is 13.0 Å². The van der Waals surface area contributed by atoms with Crippen molar-refractivity contribution >= 4 is 10.2 Å². The van der Waals surface area contributed by atoms with Gasteiger partial charge in [0.1, 0.15) is 0 Å². The fourth-order valence-corrected chi connectivity index (χ4v) is 3.09. The van der Waals surface area contributed by atoms with Gasteiger partial charge in [0.25, 0.3) is 10.2 Å². The second-order valence-corrected chi connectivity index (χ2v) is 7.21. The van der Waals surface area contributed by atoms with Gasteiger partial charge in [-0.3, -0.25) is 4.98 Å². The molecule has 0 unspecified atom stereocenters. The SMILES string of the molecule is CCNCCCN(C)S(=O)(=O)N(C)Cc1cccc(C)n1. The van der Waals surface area contributed by atoms with Crippen LogP contribution in [0.2, 0.25) is 0 Å². The summed E-state index contributed by atoms with van der Waals surface area (Å²) < 4.78 is 27.5. The van der Waals surface area contributed by atoms with E-state index in [1.165, 1.54) is 8.61 Å². The van der Waals surface area contributed by atoms with E-state index in [1.807, 2.05) is 32.0 Å². The number of aryl methyl sites for hydroxylation is 1. The fraction of sp³-hybridized carbons (Fsp3) is 0.643. The summed E-state index contributed by atoms with van der Waals surface area (Å²) in [5.41, 5.74) is 1.64. The Kier molecular flexibility index (Phi) is 7.24. The van der Waals surface area contributed by atoms with E-state index in [0.717, 1.165) is 30.9 Å². The fourth-order valence-electron chi connectivity index (χ4n) is 1.95. The number of nitrogens with zero attached hydrogens (tertiary/aromatic N) is 3. The van der Waals surface area contributed by atoms with E-state index in [4.69, 9.17) is 0 Å². The van der Waals surface area contributed by atoms with Gasteiger partial charge in [0, 0.05) is 26.3 Å². The maximum absolute atomic E-state index is 12.4. The molecule has 21 heavy (non-hydrogen) atoms. The van der Waals surface area contributed by atoms with Crippen LogP contribution >= 0.6 is 0 Å². The molecule has 1 aromatic rings. The van der Waals surface area contributed by atoms with Gasteiger partial charge < -0.3 is 5.32 Å². The Balaban J connectivity index is 2.59. The number of nitrogens with one attached hydrogen (secondary N) is 1. The average Bonchev–Trinajstić information content (AvgIpc) is 2.43. The Hall–Kier alpha value is -1.02. The second kappa shape index (κ2) is 8.43. The minimum atomic E-state index is -3.44. The van der Waals surface area contributed by atoms with Crippen LogP contribution < -0.4 is 5.32 Å². The third-order valence-corrected chi connectivity index (χ3v) is 5.08. The van der Waals surface area contributed by atoms with E-state index < -0.39 is 10.2 Å². The molecule has 7 heteroatoms. The molecule has 0 fully saturated rings. The highest BCUT2D eigenvalue weighted by Gasteiger charge is 2.23. The summed E-state index contributed by atoms with van der Waals surface area (Å²) in [6, 6.07) is 5.62. The van der Waals surface area contributed by atoms with Crippen LogP contribution in [0.15, 0.2) is 18.2 Å². The lowest BCUT2D eigenvalue weighted by Crippen LogP contribution is -2.40. The summed E-state index contributed by atoms with van der Waals surface area (Å²) in [4.78, 5) is 4.34. The van der Waals surface area contributed by atoms with Gasteiger partial charge >= 0.3 is 0 Å². The normalized spacial score (nSPS) is 12.3. The van der Waals surface area contributed by atoms with Crippen molar-refractivity contribution in [2.45, 2.75) is 26.8 Å². The van der Waals surface area contributed by atoms with Crippen LogP contribution in [0.25, 0.3) is 0 Å². The lowest BCUT2D eigenvalue weighted by molar-refractivity contribution is 0.382. The minimum absolute atomic E-state index is 0.279. The Morgan fingerprint density at radius 1 is 1.24 bits per heavy atom. The second-order valence-electron chi connectivity index (χ2n) is 5.06. The molecular formula is C14H26N4O2S. The highest BCUT2D eigenvalue weighted by Crippen LogP contribution is 2.09. The third kappa shape index (κ3) is 5.70. The smallest absolute Gasteiger partial charge is 0.281 e. The molecule has 1 N–H and O–H groups in total. The molecule has 0 atom stereocenters. The van der Waals surface area contributed by atoms with E-state index in [0.29, 0.717) is 6.54 Å². The van der Waals surface area contributed by atoms with Crippen LogP contribution in [0.3, 0.4) is 0 Å². The minimum Gasteiger partial charge on any atom is -0.317 e. The molecule has 0 spiro atoms. The van der Waals surface area contributed by atoms with E-state index in [1.54, 1.807) is 14.1 Å². The van der Waals surface area contributed by atoms with Crippen molar-refractivity contribution in [3.8, 4) is 0 Å². The number of rotatable bonds is 9. The first-order chi connectivity index (χ1) is 9.87. The first kappa shape index (κ1) is 18.0. The quantitative estimate of drug-likeness (QED) is 0.691. The van der Waals surface area contributed by atoms with Gasteiger partial charge in [0.05, 0.1) is 12.2 Å². The molecule has 0 amide bonds. The van der Waals surface area contributed by atoms with Crippen molar-refractivity contribution in [3.05, 3.63) is 29.6 Å². The average molecular weight is 314 g/mol. The number of pyridine rings is 1. The van der Waals surface area contributed by atoms with Gasteiger partial charge in [-0.15, -0.1) is 0 Å². The van der Waals surface area contributed by atoms with Crippen LogP contribution in [0.4, 0.5) is 0 Å². The zero-order valence-electron chi connectivity index (χ0n) is 13.3. The summed E-state index contributed by atoms with van der Waals surface area (Å²) >= 11 is 0. The predicted octanol–water partition coefficient (Wildman–Crippen LogP) is 0.998. The van der Waals surface area contributed by atoms with Gasteiger partial charge in [-0.05, 0) is 38.6 Å². The highest BCUT2D eigenvalue weighted by atomic mass is 32.2. The highest BCUT2D eigenvalue weighted by molar-refractivity contribution is 7.86. The molecule has 0 bridgehead atoms. The summed E-state index contributed by atoms with van der Waals surface area (Å²) in [7, 11) is -0.242. The Bertz CT molecular complexity index is 534. The zero-order chi connectivity index (χ0) is 15.9. The Labute approximate surface area is 128 Å². The molecular weight excluding hydrogens is 288 g/mol. The number of hydrogen-bond acceptors (Lipinski definition) is 4. The summed E-state index contributed by atoms with van der Waals surface area (Å²) in [5, 5.41) is 3.19. The van der Waals surface area contributed by atoms with Gasteiger partial charge in [-0.25, -0.2) is 0 Å². The maximum atomic E-state index is 12.4. The molecule has 1 heterocycles. The van der Waals surface area contributed by atoms with E-state index in [9.17, 15) is 8.42 Å². The lowest BCUT2D eigenvalue weighted by Gasteiger charge is -2.24. The molecule has 1 rings (SSSR count). The summed E-state index contributed by atoms with van der Waals surface area (Å²) in [6.07, 6.45) is 0.792. The van der Waals surface area contributed by atoms with Crippen molar-refractivity contribution in [1.29, 1.82) is 0 Å². The zero-order valence-corrected chi connectivity index (χ0v) is 14.2.